The SMILES string of the molecule is CC(C)CN(Sc1ccc(OCC2CCNCC2F)cc1)c1ccc(C(C)C)cn1. The smallest absolute Gasteiger partial charge is 0.138 e. The zero-order valence-corrected chi connectivity index (χ0v) is 19.3. The quantitative estimate of drug-likeness (QED) is 0.516. The highest BCUT2D eigenvalue weighted by molar-refractivity contribution is 8.00. The first kappa shape index (κ1) is 22.9. The molecule has 0 saturated carbocycles. The van der Waals surface area contributed by atoms with Gasteiger partial charge in [-0.2, -0.15) is 0 Å². The second-order valence-corrected chi connectivity index (χ2v) is 9.80. The monoisotopic (exact) mass is 431 g/mol. The van der Waals surface area contributed by atoms with E-state index in [1.807, 2.05) is 18.3 Å². The molecule has 2 atom stereocenters. The van der Waals surface area contributed by atoms with Crippen LogP contribution in [0.15, 0.2) is 47.5 Å². The van der Waals surface area contributed by atoms with Gasteiger partial charge in [-0.25, -0.2) is 9.37 Å². The van der Waals surface area contributed by atoms with Gasteiger partial charge in [0.25, 0.3) is 0 Å². The van der Waals surface area contributed by atoms with Crippen LogP contribution < -0.4 is 14.4 Å². The lowest BCUT2D eigenvalue weighted by molar-refractivity contribution is 0.122. The van der Waals surface area contributed by atoms with Crippen molar-refractivity contribution in [3.63, 3.8) is 0 Å². The van der Waals surface area contributed by atoms with E-state index in [-0.39, 0.29) is 5.92 Å². The van der Waals surface area contributed by atoms with Gasteiger partial charge in [-0.1, -0.05) is 33.8 Å². The second-order valence-electron chi connectivity index (χ2n) is 8.70. The van der Waals surface area contributed by atoms with Crippen LogP contribution in [0, 0.1) is 11.8 Å². The van der Waals surface area contributed by atoms with E-state index in [0.29, 0.717) is 25.0 Å². The molecule has 6 heteroatoms. The molecule has 1 saturated heterocycles. The lowest BCUT2D eigenvalue weighted by atomic mass is 9.97. The first-order valence-electron chi connectivity index (χ1n) is 10.9. The summed E-state index contributed by atoms with van der Waals surface area (Å²) < 4.78 is 22.0. The lowest BCUT2D eigenvalue weighted by Gasteiger charge is -2.26. The third-order valence-corrected chi connectivity index (χ3v) is 6.31. The van der Waals surface area contributed by atoms with Crippen LogP contribution in [0.5, 0.6) is 5.75 Å². The topological polar surface area (TPSA) is 37.4 Å². The molecule has 1 aliphatic rings. The molecular formula is C24H34FN3OS. The fourth-order valence-electron chi connectivity index (χ4n) is 3.39. The van der Waals surface area contributed by atoms with Gasteiger partial charge in [0.05, 0.1) is 6.61 Å². The van der Waals surface area contributed by atoms with Crippen LogP contribution in [0.25, 0.3) is 0 Å². The predicted octanol–water partition coefficient (Wildman–Crippen LogP) is 5.70. The molecule has 1 N–H and O–H groups in total. The van der Waals surface area contributed by atoms with Crippen LogP contribution in [-0.2, 0) is 0 Å². The van der Waals surface area contributed by atoms with Crippen LogP contribution in [-0.4, -0.2) is 37.4 Å². The van der Waals surface area contributed by atoms with Gasteiger partial charge in [-0.05, 0) is 72.6 Å². The Labute approximate surface area is 184 Å². The van der Waals surface area contributed by atoms with E-state index < -0.39 is 6.17 Å². The van der Waals surface area contributed by atoms with Gasteiger partial charge >= 0.3 is 0 Å². The number of ether oxygens (including phenoxy) is 1. The first-order valence-corrected chi connectivity index (χ1v) is 11.7. The number of pyridine rings is 1. The van der Waals surface area contributed by atoms with Crippen molar-refractivity contribution in [2.45, 2.75) is 51.1 Å². The summed E-state index contributed by atoms with van der Waals surface area (Å²) in [6.45, 7) is 11.4. The molecule has 0 spiro atoms. The molecule has 1 fully saturated rings. The average Bonchev–Trinajstić information content (AvgIpc) is 2.73. The minimum atomic E-state index is -0.826. The lowest BCUT2D eigenvalue weighted by Crippen LogP contribution is -2.40. The van der Waals surface area contributed by atoms with Crippen molar-refractivity contribution in [2.24, 2.45) is 11.8 Å². The molecule has 2 aromatic rings. The van der Waals surface area contributed by atoms with Crippen LogP contribution >= 0.6 is 11.9 Å². The highest BCUT2D eigenvalue weighted by atomic mass is 32.2. The number of benzene rings is 1. The number of hydrogen-bond donors (Lipinski definition) is 1. The van der Waals surface area contributed by atoms with E-state index in [1.54, 1.807) is 11.9 Å². The Morgan fingerprint density at radius 2 is 1.93 bits per heavy atom. The molecule has 2 unspecified atom stereocenters. The van der Waals surface area contributed by atoms with E-state index in [2.05, 4.69) is 61.6 Å². The summed E-state index contributed by atoms with van der Waals surface area (Å²) in [7, 11) is 0. The van der Waals surface area contributed by atoms with Crippen molar-refractivity contribution >= 4 is 17.8 Å². The van der Waals surface area contributed by atoms with Gasteiger partial charge in [0.2, 0.25) is 0 Å². The molecule has 30 heavy (non-hydrogen) atoms. The van der Waals surface area contributed by atoms with Gasteiger partial charge in [-0.3, -0.25) is 4.31 Å². The van der Waals surface area contributed by atoms with Gasteiger partial charge in [0.1, 0.15) is 17.7 Å². The van der Waals surface area contributed by atoms with Crippen molar-refractivity contribution in [3.05, 3.63) is 48.2 Å². The highest BCUT2D eigenvalue weighted by Crippen LogP contribution is 2.30. The van der Waals surface area contributed by atoms with Crippen molar-refractivity contribution in [3.8, 4) is 5.75 Å². The van der Waals surface area contributed by atoms with Crippen molar-refractivity contribution in [1.29, 1.82) is 0 Å². The zero-order valence-electron chi connectivity index (χ0n) is 18.5. The van der Waals surface area contributed by atoms with E-state index in [1.165, 1.54) is 5.56 Å². The van der Waals surface area contributed by atoms with Crippen molar-refractivity contribution in [2.75, 3.05) is 30.5 Å². The molecule has 4 nitrogen and oxygen atoms in total. The average molecular weight is 432 g/mol. The van der Waals surface area contributed by atoms with Gasteiger partial charge in [0.15, 0.2) is 0 Å². The fraction of sp³-hybridized carbons (Fsp3) is 0.542. The minimum absolute atomic E-state index is 0.0262. The molecule has 1 aromatic heterocycles. The second kappa shape index (κ2) is 11.0. The molecule has 0 bridgehead atoms. The number of nitrogens with one attached hydrogen (secondary N) is 1. The highest BCUT2D eigenvalue weighted by Gasteiger charge is 2.25. The summed E-state index contributed by atoms with van der Waals surface area (Å²) in [6, 6.07) is 12.3. The largest absolute Gasteiger partial charge is 0.493 e. The predicted molar refractivity (Wildman–Crippen MR) is 124 cm³/mol. The Bertz CT molecular complexity index is 767. The molecule has 0 aliphatic carbocycles. The molecule has 1 aromatic carbocycles. The number of halogens is 1. The molecule has 0 radical (unpaired) electrons. The van der Waals surface area contributed by atoms with E-state index in [9.17, 15) is 4.39 Å². The molecule has 3 rings (SSSR count). The van der Waals surface area contributed by atoms with Crippen molar-refractivity contribution in [1.82, 2.24) is 10.3 Å². The van der Waals surface area contributed by atoms with Gasteiger partial charge < -0.3 is 10.1 Å². The minimum Gasteiger partial charge on any atom is -0.493 e. The Kier molecular flexibility index (Phi) is 8.40. The number of anilines is 1. The number of nitrogens with zero attached hydrogens (tertiary/aromatic N) is 2. The summed E-state index contributed by atoms with van der Waals surface area (Å²) in [5.41, 5.74) is 1.25. The first-order chi connectivity index (χ1) is 14.4. The summed E-state index contributed by atoms with van der Waals surface area (Å²) >= 11 is 1.69. The summed E-state index contributed by atoms with van der Waals surface area (Å²) in [5.74, 6) is 2.73. The van der Waals surface area contributed by atoms with Gasteiger partial charge in [0, 0.05) is 30.1 Å². The zero-order chi connectivity index (χ0) is 21.5. The molecular weight excluding hydrogens is 397 g/mol. The standard InChI is InChI=1S/C24H34FN3OS/c1-17(2)15-28(24-10-5-19(13-27-24)18(3)4)30-22-8-6-21(7-9-22)29-16-20-11-12-26-14-23(20)25/h5-10,13,17-18,20,23,26H,11-12,14-16H2,1-4H3. The molecule has 0 amide bonds. The Morgan fingerprint density at radius 3 is 2.53 bits per heavy atom. The summed E-state index contributed by atoms with van der Waals surface area (Å²) in [6.07, 6.45) is 1.97. The fourth-order valence-corrected chi connectivity index (χ4v) is 4.47. The van der Waals surface area contributed by atoms with Crippen molar-refractivity contribution < 1.29 is 9.13 Å². The normalized spacial score (nSPS) is 19.3. The molecule has 2 heterocycles. The van der Waals surface area contributed by atoms with Crippen LogP contribution in [0.3, 0.4) is 0 Å². The van der Waals surface area contributed by atoms with Crippen LogP contribution in [0.1, 0.15) is 45.6 Å². The number of piperidine rings is 1. The maximum atomic E-state index is 13.9. The van der Waals surface area contributed by atoms with E-state index >= 15 is 0 Å². The molecule has 1 aliphatic heterocycles. The number of rotatable bonds is 9. The van der Waals surface area contributed by atoms with E-state index in [4.69, 9.17) is 9.72 Å². The summed E-state index contributed by atoms with van der Waals surface area (Å²) in [4.78, 5) is 5.82. The van der Waals surface area contributed by atoms with E-state index in [0.717, 1.165) is 36.0 Å². The Balaban J connectivity index is 1.61. The Morgan fingerprint density at radius 1 is 1.17 bits per heavy atom. The third-order valence-electron chi connectivity index (χ3n) is 5.27. The van der Waals surface area contributed by atoms with Gasteiger partial charge in [-0.15, -0.1) is 0 Å². The maximum absolute atomic E-state index is 13.9. The Hall–Kier alpha value is -1.79. The third kappa shape index (κ3) is 6.61. The molecule has 164 valence electrons. The number of hydrogen-bond acceptors (Lipinski definition) is 5. The summed E-state index contributed by atoms with van der Waals surface area (Å²) in [5, 5.41) is 3.08. The van der Waals surface area contributed by atoms with Crippen LogP contribution in [0.4, 0.5) is 10.2 Å². The van der Waals surface area contributed by atoms with Crippen LogP contribution in [0.2, 0.25) is 0 Å². The number of alkyl halides is 1. The number of aromatic nitrogens is 1. The maximum Gasteiger partial charge on any atom is 0.138 e.